The third kappa shape index (κ3) is 11.3. The van der Waals surface area contributed by atoms with Crippen LogP contribution in [0.3, 0.4) is 0 Å². The van der Waals surface area contributed by atoms with Crippen molar-refractivity contribution in [3.8, 4) is 0 Å². The second kappa shape index (κ2) is 14.5. The molecule has 0 aliphatic rings. The second-order valence-corrected chi connectivity index (χ2v) is 10.1. The highest BCUT2D eigenvalue weighted by atomic mass is 33.1. The molecule has 0 aromatic rings. The first-order valence-electron chi connectivity index (χ1n) is 7.72. The molecule has 4 heteroatoms. The Morgan fingerprint density at radius 3 is 2.25 bits per heavy atom. The molecule has 1 nitrogen and oxygen atoms in total. The van der Waals surface area contributed by atoms with Gasteiger partial charge in [0.25, 0.3) is 0 Å². The van der Waals surface area contributed by atoms with Crippen molar-refractivity contribution in [3.05, 3.63) is 25.3 Å². The number of hydrogen-bond acceptors (Lipinski definition) is 3. The fourth-order valence-electron chi connectivity index (χ4n) is 1.94. The number of unbranched alkanes of at least 4 members (excludes halogenated alkanes) is 2. The maximum absolute atomic E-state index is 6.14. The lowest BCUT2D eigenvalue weighted by atomic mass is 10.1. The minimum Gasteiger partial charge on any atom is -0.335 e. The third-order valence-electron chi connectivity index (χ3n) is 3.10. The molecule has 3 atom stereocenters. The van der Waals surface area contributed by atoms with Crippen LogP contribution in [0.15, 0.2) is 25.3 Å². The first kappa shape index (κ1) is 20.6. The van der Waals surface area contributed by atoms with Gasteiger partial charge in [0.15, 0.2) is 0 Å². The summed E-state index contributed by atoms with van der Waals surface area (Å²) in [5.41, 5.74) is 0. The van der Waals surface area contributed by atoms with Crippen LogP contribution in [0.25, 0.3) is 0 Å². The van der Waals surface area contributed by atoms with Crippen molar-refractivity contribution in [2.75, 3.05) is 0 Å². The van der Waals surface area contributed by atoms with Crippen molar-refractivity contribution in [2.45, 2.75) is 76.6 Å². The number of thiol groups is 1. The van der Waals surface area contributed by atoms with Gasteiger partial charge >= 0.3 is 0 Å². The molecule has 0 aromatic carbocycles. The number of rotatable bonds is 14. The summed E-state index contributed by atoms with van der Waals surface area (Å²) in [5, 5.41) is 0.603. The van der Waals surface area contributed by atoms with Crippen LogP contribution >= 0.6 is 30.2 Å². The Hall–Kier alpha value is 0.570. The topological polar surface area (TPSA) is 9.23 Å². The molecular formula is C16H31OPS2. The molecule has 20 heavy (non-hydrogen) atoms. The summed E-state index contributed by atoms with van der Waals surface area (Å²) in [6.07, 6.45) is 13.5. The Kier molecular flexibility index (Phi) is 14.9. The van der Waals surface area contributed by atoms with Crippen molar-refractivity contribution in [3.63, 3.8) is 0 Å². The van der Waals surface area contributed by atoms with Gasteiger partial charge in [-0.05, 0) is 25.7 Å². The monoisotopic (exact) mass is 334 g/mol. The lowest BCUT2D eigenvalue weighted by Gasteiger charge is -2.23. The number of allylic oxidation sites excluding steroid dienone is 1. The lowest BCUT2D eigenvalue weighted by molar-refractivity contribution is 0.223. The highest BCUT2D eigenvalue weighted by Crippen LogP contribution is 2.59. The predicted octanol–water partition coefficient (Wildman–Crippen LogP) is 7.16. The van der Waals surface area contributed by atoms with Crippen LogP contribution in [-0.2, 0) is 4.52 Å². The van der Waals surface area contributed by atoms with E-state index in [1.165, 1.54) is 32.1 Å². The smallest absolute Gasteiger partial charge is 0.149 e. The van der Waals surface area contributed by atoms with E-state index in [4.69, 9.17) is 4.52 Å². The molecule has 0 rings (SSSR count). The summed E-state index contributed by atoms with van der Waals surface area (Å²) in [6, 6.07) is 0. The van der Waals surface area contributed by atoms with Gasteiger partial charge in [0.1, 0.15) is 6.55 Å². The van der Waals surface area contributed by atoms with E-state index < -0.39 is 6.55 Å². The first-order valence-corrected chi connectivity index (χ1v) is 11.6. The molecule has 0 saturated carbocycles. The average Bonchev–Trinajstić information content (AvgIpc) is 2.42. The Balaban J connectivity index is 4.19. The molecule has 3 unspecified atom stereocenters. The first-order chi connectivity index (χ1) is 9.67. The Bertz CT molecular complexity index is 225. The Morgan fingerprint density at radius 1 is 1.10 bits per heavy atom. The molecule has 0 aromatic heterocycles. The molecule has 0 aliphatic carbocycles. The highest BCUT2D eigenvalue weighted by molar-refractivity contribution is 8.82. The fraction of sp³-hybridized carbons (Fsp3) is 0.750. The van der Waals surface area contributed by atoms with E-state index in [9.17, 15) is 0 Å². The largest absolute Gasteiger partial charge is 0.335 e. The molecule has 0 radical (unpaired) electrons. The van der Waals surface area contributed by atoms with Gasteiger partial charge in [-0.25, -0.2) is 0 Å². The van der Waals surface area contributed by atoms with E-state index in [1.807, 2.05) is 23.5 Å². The van der Waals surface area contributed by atoms with Gasteiger partial charge in [-0.15, -0.1) is 25.4 Å². The van der Waals surface area contributed by atoms with Crippen molar-refractivity contribution in [1.82, 2.24) is 0 Å². The van der Waals surface area contributed by atoms with E-state index in [1.54, 1.807) is 0 Å². The maximum Gasteiger partial charge on any atom is 0.149 e. The summed E-state index contributed by atoms with van der Waals surface area (Å²) >= 11 is 6.57. The molecule has 0 N–H and O–H groups in total. The highest BCUT2D eigenvalue weighted by Gasteiger charge is 2.18. The molecule has 0 amide bonds. The maximum atomic E-state index is 6.14. The van der Waals surface area contributed by atoms with Gasteiger partial charge in [0.05, 0.1) is 6.10 Å². The molecule has 0 spiro atoms. The normalized spacial score (nSPS) is 15.6. The molecule has 118 valence electrons. The summed E-state index contributed by atoms with van der Waals surface area (Å²) < 4.78 is 6.14. The summed E-state index contributed by atoms with van der Waals surface area (Å²) in [5.74, 6) is 0. The molecule has 0 saturated heterocycles. The molecule has 0 bridgehead atoms. The minimum atomic E-state index is -0.700. The SMILES string of the molecule is C=CCC(CCCC)OP(S)SC(CC=C)CCCC. The zero-order chi connectivity index (χ0) is 15.2. The van der Waals surface area contributed by atoms with E-state index in [2.05, 4.69) is 39.3 Å². The minimum absolute atomic E-state index is 0.291. The zero-order valence-electron chi connectivity index (χ0n) is 13.1. The van der Waals surface area contributed by atoms with Crippen molar-refractivity contribution >= 4 is 30.2 Å². The standard InChI is InChI=1S/C16H31OPS2/c1-5-9-13-15(11-7-3)17-18(19)20-16(12-8-4)14-10-6-2/h7-8,15-16,19H,3-6,9-14H2,1-2H3. The molecule has 0 aliphatic heterocycles. The summed E-state index contributed by atoms with van der Waals surface area (Å²) in [7, 11) is 0. The lowest BCUT2D eigenvalue weighted by Crippen LogP contribution is -2.08. The van der Waals surface area contributed by atoms with Crippen LogP contribution in [0.5, 0.6) is 0 Å². The van der Waals surface area contributed by atoms with Gasteiger partial charge < -0.3 is 4.52 Å². The second-order valence-electron chi connectivity index (χ2n) is 5.03. The predicted molar refractivity (Wildman–Crippen MR) is 101 cm³/mol. The molecule has 0 fully saturated rings. The van der Waals surface area contributed by atoms with Gasteiger partial charge in [-0.1, -0.05) is 63.1 Å². The number of hydrogen-bond donors (Lipinski definition) is 1. The van der Waals surface area contributed by atoms with Crippen LogP contribution in [-0.4, -0.2) is 11.4 Å². The van der Waals surface area contributed by atoms with Gasteiger partial charge in [0.2, 0.25) is 0 Å². The van der Waals surface area contributed by atoms with Gasteiger partial charge in [0, 0.05) is 5.25 Å². The zero-order valence-corrected chi connectivity index (χ0v) is 15.7. The van der Waals surface area contributed by atoms with E-state index >= 15 is 0 Å². The van der Waals surface area contributed by atoms with Crippen LogP contribution < -0.4 is 0 Å². The van der Waals surface area contributed by atoms with Crippen LogP contribution in [0.2, 0.25) is 0 Å². The van der Waals surface area contributed by atoms with Crippen molar-refractivity contribution in [2.24, 2.45) is 0 Å². The van der Waals surface area contributed by atoms with Crippen LogP contribution in [0.1, 0.15) is 65.2 Å². The van der Waals surface area contributed by atoms with Crippen LogP contribution in [0, 0.1) is 0 Å². The van der Waals surface area contributed by atoms with E-state index in [0.29, 0.717) is 11.4 Å². The van der Waals surface area contributed by atoms with E-state index in [-0.39, 0.29) is 0 Å². The van der Waals surface area contributed by atoms with Crippen molar-refractivity contribution < 1.29 is 4.52 Å². The Labute approximate surface area is 136 Å². The molecule has 0 heterocycles. The van der Waals surface area contributed by atoms with Gasteiger partial charge in [-0.2, -0.15) is 0 Å². The van der Waals surface area contributed by atoms with Crippen molar-refractivity contribution in [1.29, 1.82) is 0 Å². The van der Waals surface area contributed by atoms with Crippen LogP contribution in [0.4, 0.5) is 0 Å². The molecular weight excluding hydrogens is 303 g/mol. The quantitative estimate of drug-likeness (QED) is 0.205. The summed E-state index contributed by atoms with van der Waals surface area (Å²) in [6.45, 7) is 11.4. The van der Waals surface area contributed by atoms with Gasteiger partial charge in [-0.3, -0.25) is 0 Å². The third-order valence-corrected chi connectivity index (χ3v) is 7.31. The fourth-order valence-corrected chi connectivity index (χ4v) is 6.64. The van der Waals surface area contributed by atoms with E-state index in [0.717, 1.165) is 19.3 Å². The average molecular weight is 335 g/mol. The Morgan fingerprint density at radius 2 is 1.70 bits per heavy atom. The summed E-state index contributed by atoms with van der Waals surface area (Å²) in [4.78, 5) is 0.